The summed E-state index contributed by atoms with van der Waals surface area (Å²) in [5, 5.41) is 6.69. The second-order valence-electron chi connectivity index (χ2n) is 5.35. The molecule has 0 saturated heterocycles. The van der Waals surface area contributed by atoms with Crippen LogP contribution in [-0.2, 0) is 0 Å². The van der Waals surface area contributed by atoms with E-state index in [2.05, 4.69) is 41.7 Å². The zero-order valence-corrected chi connectivity index (χ0v) is 14.2. The predicted molar refractivity (Wildman–Crippen MR) is 87.7 cm³/mol. The maximum atomic E-state index is 11.9. The number of hydrogen-bond donors (Lipinski definition) is 1. The summed E-state index contributed by atoms with van der Waals surface area (Å²) in [4.78, 5) is 12.5. The smallest absolute Gasteiger partial charge is 0.264 e. The molecule has 1 N–H and O–H groups in total. The van der Waals surface area contributed by atoms with E-state index in [1.165, 1.54) is 16.7 Å². The Morgan fingerprint density at radius 3 is 2.73 bits per heavy atom. The molecule has 1 amide bonds. The van der Waals surface area contributed by atoms with Gasteiger partial charge in [0.2, 0.25) is 0 Å². The van der Waals surface area contributed by atoms with Crippen LogP contribution in [0.3, 0.4) is 0 Å². The van der Waals surface area contributed by atoms with Gasteiger partial charge in [0.15, 0.2) is 0 Å². The van der Waals surface area contributed by atoms with Crippen LogP contribution in [0, 0.1) is 27.7 Å². The van der Waals surface area contributed by atoms with E-state index in [0.717, 1.165) is 23.7 Å². The van der Waals surface area contributed by atoms with Gasteiger partial charge in [-0.3, -0.25) is 4.79 Å². The van der Waals surface area contributed by atoms with E-state index in [0.29, 0.717) is 23.7 Å². The third kappa shape index (κ3) is 4.04. The van der Waals surface area contributed by atoms with Crippen molar-refractivity contribution in [1.82, 2.24) is 14.9 Å². The fourth-order valence-electron chi connectivity index (χ4n) is 2.13. The summed E-state index contributed by atoms with van der Waals surface area (Å²) in [6.45, 7) is 9.13. The molecule has 0 bridgehead atoms. The van der Waals surface area contributed by atoms with Crippen LogP contribution in [0.25, 0.3) is 0 Å². The van der Waals surface area contributed by atoms with Crippen LogP contribution >= 0.6 is 11.5 Å². The average Bonchev–Trinajstić information content (AvgIpc) is 2.89. The van der Waals surface area contributed by atoms with Crippen LogP contribution < -0.4 is 10.1 Å². The Hall–Kier alpha value is -1.95. The van der Waals surface area contributed by atoms with E-state index in [1.54, 1.807) is 6.92 Å². The molecule has 0 aliphatic rings. The number of aromatic nitrogens is 2. The summed E-state index contributed by atoms with van der Waals surface area (Å²) >= 11 is 1.12. The highest BCUT2D eigenvalue weighted by molar-refractivity contribution is 7.07. The molecule has 1 heterocycles. The highest BCUT2D eigenvalue weighted by Crippen LogP contribution is 2.23. The normalized spacial score (nSPS) is 10.5. The van der Waals surface area contributed by atoms with Crippen molar-refractivity contribution in [3.05, 3.63) is 39.4 Å². The van der Waals surface area contributed by atoms with Crippen molar-refractivity contribution in [2.24, 2.45) is 0 Å². The molecule has 0 spiro atoms. The Kier molecular flexibility index (Phi) is 5.49. The molecule has 1 aromatic heterocycles. The van der Waals surface area contributed by atoms with Crippen molar-refractivity contribution in [3.8, 4) is 5.75 Å². The molecule has 1 aromatic carbocycles. The van der Waals surface area contributed by atoms with Gasteiger partial charge < -0.3 is 10.1 Å². The number of carbonyl (C=O) groups is 1. The van der Waals surface area contributed by atoms with E-state index < -0.39 is 0 Å². The molecule has 0 aliphatic carbocycles. The lowest BCUT2D eigenvalue weighted by Gasteiger charge is -2.12. The second-order valence-corrected chi connectivity index (χ2v) is 6.10. The SMILES string of the molecule is Cc1cc(C)c(C)c(OCCCNC(=O)c2snnc2C)c1. The van der Waals surface area contributed by atoms with Gasteiger partial charge in [-0.15, -0.1) is 5.10 Å². The summed E-state index contributed by atoms with van der Waals surface area (Å²) in [7, 11) is 0. The molecule has 0 aliphatic heterocycles. The first-order valence-corrected chi connectivity index (χ1v) is 8.04. The van der Waals surface area contributed by atoms with Gasteiger partial charge in [-0.1, -0.05) is 10.6 Å². The number of nitrogens with zero attached hydrogens (tertiary/aromatic N) is 2. The third-order valence-electron chi connectivity index (χ3n) is 3.49. The van der Waals surface area contributed by atoms with Gasteiger partial charge in [0.1, 0.15) is 10.6 Å². The fraction of sp³-hybridized carbons (Fsp3) is 0.438. The molecular formula is C16H21N3O2S. The quantitative estimate of drug-likeness (QED) is 0.831. The van der Waals surface area contributed by atoms with Crippen molar-refractivity contribution >= 4 is 17.4 Å². The van der Waals surface area contributed by atoms with E-state index >= 15 is 0 Å². The number of nitrogens with one attached hydrogen (secondary N) is 1. The topological polar surface area (TPSA) is 64.1 Å². The minimum Gasteiger partial charge on any atom is -0.493 e. The summed E-state index contributed by atoms with van der Waals surface area (Å²) in [6, 6.07) is 4.20. The van der Waals surface area contributed by atoms with Crippen LogP contribution in [0.2, 0.25) is 0 Å². The number of benzene rings is 1. The number of amides is 1. The minimum atomic E-state index is -0.116. The van der Waals surface area contributed by atoms with E-state index in [1.807, 2.05) is 6.07 Å². The van der Waals surface area contributed by atoms with Crippen LogP contribution in [-0.4, -0.2) is 28.6 Å². The maximum Gasteiger partial charge on any atom is 0.264 e. The highest BCUT2D eigenvalue weighted by atomic mass is 32.1. The van der Waals surface area contributed by atoms with Crippen molar-refractivity contribution in [3.63, 3.8) is 0 Å². The average molecular weight is 319 g/mol. The number of aryl methyl sites for hydroxylation is 3. The van der Waals surface area contributed by atoms with Gasteiger partial charge in [0.05, 0.1) is 12.3 Å². The zero-order valence-electron chi connectivity index (χ0n) is 13.4. The van der Waals surface area contributed by atoms with Crippen LogP contribution in [0.5, 0.6) is 5.75 Å². The first-order valence-electron chi connectivity index (χ1n) is 7.27. The lowest BCUT2D eigenvalue weighted by Crippen LogP contribution is -2.25. The van der Waals surface area contributed by atoms with Crippen LogP contribution in [0.15, 0.2) is 12.1 Å². The molecule has 6 heteroatoms. The number of ether oxygens (including phenoxy) is 1. The first kappa shape index (κ1) is 16.4. The fourth-order valence-corrected chi connectivity index (χ4v) is 2.70. The summed E-state index contributed by atoms with van der Waals surface area (Å²) in [5.74, 6) is 0.807. The molecule has 118 valence electrons. The van der Waals surface area contributed by atoms with Crippen LogP contribution in [0.4, 0.5) is 0 Å². The van der Waals surface area contributed by atoms with E-state index in [4.69, 9.17) is 4.74 Å². The molecule has 5 nitrogen and oxygen atoms in total. The lowest BCUT2D eigenvalue weighted by atomic mass is 10.1. The lowest BCUT2D eigenvalue weighted by molar-refractivity contribution is 0.0955. The molecular weight excluding hydrogens is 298 g/mol. The molecule has 0 radical (unpaired) electrons. The van der Waals surface area contributed by atoms with Crippen molar-refractivity contribution in [2.75, 3.05) is 13.2 Å². The molecule has 2 rings (SSSR count). The summed E-state index contributed by atoms with van der Waals surface area (Å²) in [6.07, 6.45) is 0.753. The molecule has 0 unspecified atom stereocenters. The van der Waals surface area contributed by atoms with Gasteiger partial charge in [0.25, 0.3) is 5.91 Å². The number of hydrogen-bond acceptors (Lipinski definition) is 5. The standard InChI is InChI=1S/C16H21N3O2S/c1-10-8-11(2)12(3)14(9-10)21-7-5-6-17-16(20)15-13(4)18-19-22-15/h8-9H,5-7H2,1-4H3,(H,17,20). The predicted octanol–water partition coefficient (Wildman–Crippen LogP) is 2.97. The Balaban J connectivity index is 1.76. The van der Waals surface area contributed by atoms with Gasteiger partial charge in [-0.2, -0.15) is 0 Å². The van der Waals surface area contributed by atoms with Gasteiger partial charge in [-0.05, 0) is 68.4 Å². The van der Waals surface area contributed by atoms with Gasteiger partial charge >= 0.3 is 0 Å². The molecule has 0 atom stereocenters. The van der Waals surface area contributed by atoms with Crippen molar-refractivity contribution in [2.45, 2.75) is 34.1 Å². The Morgan fingerprint density at radius 1 is 1.27 bits per heavy atom. The van der Waals surface area contributed by atoms with Gasteiger partial charge in [-0.25, -0.2) is 0 Å². The van der Waals surface area contributed by atoms with Gasteiger partial charge in [0, 0.05) is 6.54 Å². The van der Waals surface area contributed by atoms with Crippen LogP contribution in [0.1, 0.15) is 38.5 Å². The van der Waals surface area contributed by atoms with E-state index in [9.17, 15) is 4.79 Å². The molecule has 2 aromatic rings. The van der Waals surface area contributed by atoms with Crippen molar-refractivity contribution in [1.29, 1.82) is 0 Å². The Morgan fingerprint density at radius 2 is 2.05 bits per heavy atom. The second kappa shape index (κ2) is 7.35. The monoisotopic (exact) mass is 319 g/mol. The van der Waals surface area contributed by atoms with Crippen molar-refractivity contribution < 1.29 is 9.53 Å². The molecule has 0 saturated carbocycles. The zero-order chi connectivity index (χ0) is 16.1. The Bertz CT molecular complexity index is 667. The summed E-state index contributed by atoms with van der Waals surface area (Å²) in [5.41, 5.74) is 4.27. The highest BCUT2D eigenvalue weighted by Gasteiger charge is 2.12. The summed E-state index contributed by atoms with van der Waals surface area (Å²) < 4.78 is 9.58. The molecule has 22 heavy (non-hydrogen) atoms. The third-order valence-corrected chi connectivity index (χ3v) is 4.31. The molecule has 0 fully saturated rings. The largest absolute Gasteiger partial charge is 0.493 e. The Labute approximate surface area is 134 Å². The van der Waals surface area contributed by atoms with E-state index in [-0.39, 0.29) is 5.91 Å². The number of rotatable bonds is 6. The first-order chi connectivity index (χ1) is 10.5. The maximum absolute atomic E-state index is 11.9. The number of carbonyl (C=O) groups excluding carboxylic acids is 1. The minimum absolute atomic E-state index is 0.116.